The van der Waals surface area contributed by atoms with Gasteiger partial charge >= 0.3 is 0 Å². The maximum atomic E-state index is 12.2. The number of rotatable bonds is 6. The van der Waals surface area contributed by atoms with Gasteiger partial charge in [-0.05, 0) is 26.2 Å². The van der Waals surface area contributed by atoms with E-state index in [2.05, 4.69) is 9.82 Å². The van der Waals surface area contributed by atoms with E-state index >= 15 is 0 Å². The average molecular weight is 302 g/mol. The Morgan fingerprint density at radius 3 is 3.00 bits per heavy atom. The molecule has 0 aliphatic carbocycles. The number of aromatic nitrogens is 2. The highest BCUT2D eigenvalue weighted by Gasteiger charge is 2.25. The van der Waals surface area contributed by atoms with Gasteiger partial charge in [0, 0.05) is 13.2 Å². The highest BCUT2D eigenvalue weighted by molar-refractivity contribution is 7.89. The zero-order valence-electron chi connectivity index (χ0n) is 11.9. The maximum Gasteiger partial charge on any atom is 0.245 e. The summed E-state index contributed by atoms with van der Waals surface area (Å²) in [5.41, 5.74) is 5.90. The summed E-state index contributed by atoms with van der Waals surface area (Å²) in [5, 5.41) is 4.07. The van der Waals surface area contributed by atoms with Gasteiger partial charge in [-0.2, -0.15) is 5.10 Å². The number of hydrogen-bond acceptors (Lipinski definition) is 5. The molecule has 0 amide bonds. The molecule has 0 radical (unpaired) electrons. The Hall–Kier alpha value is -1.12. The van der Waals surface area contributed by atoms with Crippen molar-refractivity contribution < 1.29 is 13.2 Å². The van der Waals surface area contributed by atoms with E-state index in [1.807, 2.05) is 13.8 Å². The summed E-state index contributed by atoms with van der Waals surface area (Å²) in [6.07, 6.45) is 3.94. The van der Waals surface area contributed by atoms with Gasteiger partial charge in [-0.3, -0.25) is 0 Å². The van der Waals surface area contributed by atoms with Gasteiger partial charge < -0.3 is 10.5 Å². The van der Waals surface area contributed by atoms with E-state index in [9.17, 15) is 8.42 Å². The lowest BCUT2D eigenvalue weighted by Crippen LogP contribution is -2.32. The molecule has 8 heteroatoms. The molecule has 2 heterocycles. The lowest BCUT2D eigenvalue weighted by Gasteiger charge is -2.13. The molecule has 114 valence electrons. The number of ether oxygens (including phenoxy) is 1. The van der Waals surface area contributed by atoms with Gasteiger partial charge in [-0.25, -0.2) is 17.8 Å². The first kappa shape index (κ1) is 15.3. The molecule has 3 N–H and O–H groups in total. The van der Waals surface area contributed by atoms with E-state index in [1.54, 1.807) is 4.68 Å². The molecule has 20 heavy (non-hydrogen) atoms. The molecule has 1 fully saturated rings. The average Bonchev–Trinajstić information content (AvgIpc) is 3.05. The van der Waals surface area contributed by atoms with Gasteiger partial charge in [0.05, 0.1) is 18.3 Å². The third kappa shape index (κ3) is 3.13. The lowest BCUT2D eigenvalue weighted by molar-refractivity contribution is 0.114. The fourth-order valence-electron chi connectivity index (χ4n) is 2.17. The second-order valence-corrected chi connectivity index (χ2v) is 6.82. The van der Waals surface area contributed by atoms with Crippen molar-refractivity contribution in [3.63, 3.8) is 0 Å². The third-order valence-electron chi connectivity index (χ3n) is 3.62. The van der Waals surface area contributed by atoms with Crippen LogP contribution in [0.5, 0.6) is 0 Å². The molecule has 0 spiro atoms. The third-order valence-corrected chi connectivity index (χ3v) is 5.06. The van der Waals surface area contributed by atoms with Crippen LogP contribution in [0.3, 0.4) is 0 Å². The van der Waals surface area contributed by atoms with Crippen LogP contribution < -0.4 is 10.5 Å². The highest BCUT2D eigenvalue weighted by atomic mass is 32.2. The Kier molecular flexibility index (Phi) is 4.66. The van der Waals surface area contributed by atoms with Crippen LogP contribution >= 0.6 is 0 Å². The number of nitrogens with zero attached hydrogens (tertiary/aromatic N) is 2. The number of nitrogen functional groups attached to an aromatic ring is 1. The number of hydrogen-bond donors (Lipinski definition) is 2. The lowest BCUT2D eigenvalue weighted by atomic mass is 10.2. The molecule has 1 saturated heterocycles. The molecule has 0 saturated carbocycles. The first-order valence-electron chi connectivity index (χ1n) is 6.90. The SMILES string of the molecule is CCC(C)n1ncc(S(=O)(=O)NCC2CCCO2)c1N. The van der Waals surface area contributed by atoms with Crippen molar-refractivity contribution in [2.75, 3.05) is 18.9 Å². The molecular weight excluding hydrogens is 280 g/mol. The summed E-state index contributed by atoms with van der Waals surface area (Å²) in [7, 11) is -3.64. The van der Waals surface area contributed by atoms with Gasteiger partial charge in [0.1, 0.15) is 10.7 Å². The number of nitrogens with one attached hydrogen (secondary N) is 1. The van der Waals surface area contributed by atoms with Crippen molar-refractivity contribution in [3.05, 3.63) is 6.20 Å². The van der Waals surface area contributed by atoms with E-state index in [1.165, 1.54) is 6.20 Å². The fraction of sp³-hybridized carbons (Fsp3) is 0.750. The minimum Gasteiger partial charge on any atom is -0.383 e. The van der Waals surface area contributed by atoms with Crippen molar-refractivity contribution in [2.45, 2.75) is 50.2 Å². The molecule has 2 unspecified atom stereocenters. The van der Waals surface area contributed by atoms with E-state index < -0.39 is 10.0 Å². The minimum absolute atomic E-state index is 0.0378. The Balaban J connectivity index is 2.10. The Labute approximate surface area is 119 Å². The van der Waals surface area contributed by atoms with Crippen LogP contribution in [0.1, 0.15) is 39.2 Å². The molecule has 0 bridgehead atoms. The van der Waals surface area contributed by atoms with Crippen molar-refractivity contribution >= 4 is 15.8 Å². The molecule has 2 atom stereocenters. The quantitative estimate of drug-likeness (QED) is 0.813. The number of nitrogens with two attached hydrogens (primary N) is 1. The van der Waals surface area contributed by atoms with Crippen molar-refractivity contribution in [3.8, 4) is 0 Å². The standard InChI is InChI=1S/C12H22N4O3S/c1-3-9(2)16-12(13)11(8-14-16)20(17,18)15-7-10-5-4-6-19-10/h8-10,15H,3-7,13H2,1-2H3. The van der Waals surface area contributed by atoms with E-state index in [0.717, 1.165) is 19.3 Å². The second kappa shape index (κ2) is 6.11. The number of sulfonamides is 1. The molecule has 2 rings (SSSR count). The van der Waals surface area contributed by atoms with E-state index in [0.29, 0.717) is 6.61 Å². The van der Waals surface area contributed by atoms with Crippen LogP contribution in [0.4, 0.5) is 5.82 Å². The Bertz CT molecular complexity index is 549. The topological polar surface area (TPSA) is 99.2 Å². The van der Waals surface area contributed by atoms with Crippen LogP contribution in [0.15, 0.2) is 11.1 Å². The van der Waals surface area contributed by atoms with Crippen LogP contribution in [-0.4, -0.2) is 37.5 Å². The smallest absolute Gasteiger partial charge is 0.245 e. The van der Waals surface area contributed by atoms with Crippen molar-refractivity contribution in [2.24, 2.45) is 0 Å². The summed E-state index contributed by atoms with van der Waals surface area (Å²) in [6, 6.07) is 0.0668. The summed E-state index contributed by atoms with van der Waals surface area (Å²) in [5.74, 6) is 0.180. The molecule has 1 aliphatic rings. The summed E-state index contributed by atoms with van der Waals surface area (Å²) >= 11 is 0. The molecule has 1 aromatic heterocycles. The molecule has 0 aromatic carbocycles. The molecule has 1 aliphatic heterocycles. The molecule has 7 nitrogen and oxygen atoms in total. The Morgan fingerprint density at radius 1 is 1.65 bits per heavy atom. The molecule has 1 aromatic rings. The van der Waals surface area contributed by atoms with Gasteiger partial charge in [-0.15, -0.1) is 0 Å². The van der Waals surface area contributed by atoms with Gasteiger partial charge in [0.15, 0.2) is 0 Å². The fourth-order valence-corrected chi connectivity index (χ4v) is 3.29. The molecular formula is C12H22N4O3S. The largest absolute Gasteiger partial charge is 0.383 e. The zero-order chi connectivity index (χ0) is 14.8. The van der Waals surface area contributed by atoms with Gasteiger partial charge in [-0.1, -0.05) is 6.92 Å². The predicted octanol–water partition coefficient (Wildman–Crippen LogP) is 0.894. The van der Waals surface area contributed by atoms with Gasteiger partial charge in [0.25, 0.3) is 0 Å². The van der Waals surface area contributed by atoms with Crippen LogP contribution in [0, 0.1) is 0 Å². The van der Waals surface area contributed by atoms with Crippen LogP contribution in [0.25, 0.3) is 0 Å². The minimum atomic E-state index is -3.64. The Morgan fingerprint density at radius 2 is 2.40 bits per heavy atom. The first-order chi connectivity index (χ1) is 9.45. The van der Waals surface area contributed by atoms with Crippen LogP contribution in [0.2, 0.25) is 0 Å². The summed E-state index contributed by atoms with van der Waals surface area (Å²) in [4.78, 5) is 0.0378. The van der Waals surface area contributed by atoms with Crippen molar-refractivity contribution in [1.29, 1.82) is 0 Å². The number of anilines is 1. The highest BCUT2D eigenvalue weighted by Crippen LogP contribution is 2.22. The van der Waals surface area contributed by atoms with Crippen LogP contribution in [-0.2, 0) is 14.8 Å². The van der Waals surface area contributed by atoms with E-state index in [4.69, 9.17) is 10.5 Å². The summed E-state index contributed by atoms with van der Waals surface area (Å²) < 4.78 is 33.9. The monoisotopic (exact) mass is 302 g/mol. The zero-order valence-corrected chi connectivity index (χ0v) is 12.7. The maximum absolute atomic E-state index is 12.2. The summed E-state index contributed by atoms with van der Waals surface area (Å²) in [6.45, 7) is 4.91. The van der Waals surface area contributed by atoms with Gasteiger partial charge in [0.2, 0.25) is 10.0 Å². The first-order valence-corrected chi connectivity index (χ1v) is 8.38. The van der Waals surface area contributed by atoms with Crippen molar-refractivity contribution in [1.82, 2.24) is 14.5 Å². The van der Waals surface area contributed by atoms with E-state index in [-0.39, 0.29) is 29.4 Å². The predicted molar refractivity (Wildman–Crippen MR) is 75.8 cm³/mol. The second-order valence-electron chi connectivity index (χ2n) is 5.08. The normalized spacial score (nSPS) is 21.2.